The molecule has 0 amide bonds. The van der Waals surface area contributed by atoms with Crippen molar-refractivity contribution in [2.45, 2.75) is 31.2 Å². The van der Waals surface area contributed by atoms with Gasteiger partial charge in [0.05, 0.1) is 17.6 Å². The Morgan fingerprint density at radius 1 is 1.26 bits per heavy atom. The third-order valence-corrected chi connectivity index (χ3v) is 5.48. The van der Waals surface area contributed by atoms with Crippen molar-refractivity contribution in [1.82, 2.24) is 4.31 Å². The summed E-state index contributed by atoms with van der Waals surface area (Å²) in [7, 11) is -4.18. The van der Waals surface area contributed by atoms with Gasteiger partial charge in [0.2, 0.25) is 10.0 Å². The highest BCUT2D eigenvalue weighted by Gasteiger charge is 2.36. The normalized spacial score (nSPS) is 13.5. The summed E-state index contributed by atoms with van der Waals surface area (Å²) in [5.74, 6) is -0.198. The van der Waals surface area contributed by atoms with Crippen LogP contribution < -0.4 is 0 Å². The van der Waals surface area contributed by atoms with E-state index in [1.54, 1.807) is 13.8 Å². The van der Waals surface area contributed by atoms with Crippen LogP contribution in [0.5, 0.6) is 0 Å². The van der Waals surface area contributed by atoms with Crippen molar-refractivity contribution in [1.29, 1.82) is 0 Å². The Morgan fingerprint density at radius 2 is 1.87 bits per heavy atom. The van der Waals surface area contributed by atoms with Crippen LogP contribution in [0.2, 0.25) is 0 Å². The highest BCUT2D eigenvalue weighted by molar-refractivity contribution is 7.89. The van der Waals surface area contributed by atoms with Crippen molar-refractivity contribution in [3.63, 3.8) is 0 Å². The van der Waals surface area contributed by atoms with Gasteiger partial charge >= 0.3 is 0 Å². The summed E-state index contributed by atoms with van der Waals surface area (Å²) in [4.78, 5) is 9.95. The van der Waals surface area contributed by atoms with E-state index in [0.29, 0.717) is 0 Å². The molecule has 0 unspecified atom stereocenters. The third-order valence-electron chi connectivity index (χ3n) is 3.51. The molecule has 0 aromatic heterocycles. The monoisotopic (exact) mass is 346 g/mol. The molecule has 0 radical (unpaired) electrons. The Morgan fingerprint density at radius 3 is 2.35 bits per heavy atom. The molecule has 8 nitrogen and oxygen atoms in total. The van der Waals surface area contributed by atoms with Crippen LogP contribution in [-0.4, -0.2) is 53.7 Å². The number of aliphatic hydroxyl groups excluding tert-OH is 2. The molecule has 130 valence electrons. The molecule has 1 aromatic carbocycles. The average Bonchev–Trinajstić information content (AvgIpc) is 2.50. The van der Waals surface area contributed by atoms with Crippen molar-refractivity contribution in [3.05, 3.63) is 34.4 Å². The average molecular weight is 346 g/mol. The van der Waals surface area contributed by atoms with Gasteiger partial charge in [0.15, 0.2) is 4.90 Å². The molecule has 0 aliphatic carbocycles. The first-order chi connectivity index (χ1) is 10.8. The minimum absolute atomic E-state index is 0.0334. The van der Waals surface area contributed by atoms with Crippen molar-refractivity contribution < 1.29 is 23.6 Å². The van der Waals surface area contributed by atoms with Crippen LogP contribution in [0.3, 0.4) is 0 Å². The number of nitrogens with zero attached hydrogens (tertiary/aromatic N) is 2. The first kappa shape index (κ1) is 19.5. The Bertz CT molecular complexity index is 632. The van der Waals surface area contributed by atoms with E-state index in [-0.39, 0.29) is 25.5 Å². The first-order valence-electron chi connectivity index (χ1n) is 7.24. The third kappa shape index (κ3) is 4.47. The van der Waals surface area contributed by atoms with E-state index in [9.17, 15) is 23.6 Å². The second-order valence-corrected chi connectivity index (χ2v) is 7.27. The summed E-state index contributed by atoms with van der Waals surface area (Å²) in [6, 6.07) is 4.37. The standard InChI is InChI=1S/C14H22N2O6S/c1-11(2)13(10-18)15(8-5-9-17)23(21,22)14-7-4-3-6-12(14)16(19)20/h3-4,6-7,11,13,17-18H,5,8-10H2,1-2H3/t13-/m0/s1. The zero-order valence-electron chi connectivity index (χ0n) is 13.1. The summed E-state index contributed by atoms with van der Waals surface area (Å²) >= 11 is 0. The smallest absolute Gasteiger partial charge is 0.289 e. The second-order valence-electron chi connectivity index (χ2n) is 5.41. The Kier molecular flexibility index (Phi) is 7.07. The lowest BCUT2D eigenvalue weighted by Gasteiger charge is -2.32. The van der Waals surface area contributed by atoms with E-state index in [4.69, 9.17) is 5.11 Å². The predicted molar refractivity (Wildman–Crippen MR) is 84.4 cm³/mol. The molecule has 1 atom stereocenters. The molecule has 0 spiro atoms. The number of nitro benzene ring substituents is 1. The van der Waals surface area contributed by atoms with E-state index in [1.165, 1.54) is 18.2 Å². The van der Waals surface area contributed by atoms with E-state index in [0.717, 1.165) is 10.4 Å². The number of benzene rings is 1. The molecule has 0 aliphatic rings. The Hall–Kier alpha value is -1.55. The number of sulfonamides is 1. The van der Waals surface area contributed by atoms with Crippen LogP contribution in [0, 0.1) is 16.0 Å². The summed E-state index contributed by atoms with van der Waals surface area (Å²) in [6.45, 7) is 2.83. The molecule has 2 N–H and O–H groups in total. The largest absolute Gasteiger partial charge is 0.396 e. The summed E-state index contributed by atoms with van der Waals surface area (Å²) in [5.41, 5.74) is -0.512. The van der Waals surface area contributed by atoms with E-state index in [2.05, 4.69) is 0 Å². The van der Waals surface area contributed by atoms with Gasteiger partial charge in [-0.3, -0.25) is 10.1 Å². The molecule has 0 fully saturated rings. The van der Waals surface area contributed by atoms with Crippen LogP contribution >= 0.6 is 0 Å². The van der Waals surface area contributed by atoms with Gasteiger partial charge in [-0.1, -0.05) is 26.0 Å². The quantitative estimate of drug-likeness (QED) is 0.508. The molecule has 9 heteroatoms. The lowest BCUT2D eigenvalue weighted by atomic mass is 10.1. The van der Waals surface area contributed by atoms with Crippen molar-refractivity contribution in [2.75, 3.05) is 19.8 Å². The van der Waals surface area contributed by atoms with Gasteiger partial charge in [-0.2, -0.15) is 4.31 Å². The maximum atomic E-state index is 12.9. The number of para-hydroxylation sites is 1. The molecule has 1 aromatic rings. The van der Waals surface area contributed by atoms with Crippen LogP contribution in [0.25, 0.3) is 0 Å². The van der Waals surface area contributed by atoms with Gasteiger partial charge in [-0.25, -0.2) is 8.42 Å². The van der Waals surface area contributed by atoms with Crippen LogP contribution in [-0.2, 0) is 10.0 Å². The second kappa shape index (κ2) is 8.34. The van der Waals surface area contributed by atoms with Gasteiger partial charge in [0.25, 0.3) is 5.69 Å². The highest BCUT2D eigenvalue weighted by Crippen LogP contribution is 2.29. The lowest BCUT2D eigenvalue weighted by molar-refractivity contribution is -0.387. The minimum Gasteiger partial charge on any atom is -0.396 e. The van der Waals surface area contributed by atoms with Gasteiger partial charge in [-0.05, 0) is 18.4 Å². The van der Waals surface area contributed by atoms with E-state index >= 15 is 0 Å². The van der Waals surface area contributed by atoms with E-state index in [1.807, 2.05) is 0 Å². The summed E-state index contributed by atoms with van der Waals surface area (Å²) < 4.78 is 26.8. The predicted octanol–water partition coefficient (Wildman–Crippen LogP) is 0.985. The molecule has 0 saturated heterocycles. The molecular weight excluding hydrogens is 324 g/mol. The number of nitro groups is 1. The minimum atomic E-state index is -4.18. The SMILES string of the molecule is CC(C)[C@H](CO)N(CCCO)S(=O)(=O)c1ccccc1[N+](=O)[O-]. The van der Waals surface area contributed by atoms with E-state index < -0.39 is 38.2 Å². The summed E-state index contributed by atoms with van der Waals surface area (Å²) in [6.07, 6.45) is 0.170. The van der Waals surface area contributed by atoms with Gasteiger partial charge in [-0.15, -0.1) is 0 Å². The van der Waals surface area contributed by atoms with Gasteiger partial charge in [0, 0.05) is 19.2 Å². The maximum Gasteiger partial charge on any atom is 0.289 e. The molecular formula is C14H22N2O6S. The number of hydrogen-bond acceptors (Lipinski definition) is 6. The van der Waals surface area contributed by atoms with Gasteiger partial charge in [0.1, 0.15) is 0 Å². The molecule has 0 heterocycles. The molecule has 0 saturated carbocycles. The maximum absolute atomic E-state index is 12.9. The Balaban J connectivity index is 3.41. The highest BCUT2D eigenvalue weighted by atomic mass is 32.2. The zero-order chi connectivity index (χ0) is 17.6. The molecule has 0 aliphatic heterocycles. The zero-order valence-corrected chi connectivity index (χ0v) is 13.9. The van der Waals surface area contributed by atoms with Crippen LogP contribution in [0.15, 0.2) is 29.2 Å². The van der Waals surface area contributed by atoms with Crippen molar-refractivity contribution in [3.8, 4) is 0 Å². The Labute approximate surface area is 135 Å². The summed E-state index contributed by atoms with van der Waals surface area (Å²) in [5, 5.41) is 29.7. The van der Waals surface area contributed by atoms with Crippen LogP contribution in [0.4, 0.5) is 5.69 Å². The fraction of sp³-hybridized carbons (Fsp3) is 0.571. The number of hydrogen-bond donors (Lipinski definition) is 2. The molecule has 1 rings (SSSR count). The fourth-order valence-corrected chi connectivity index (χ4v) is 4.22. The topological polar surface area (TPSA) is 121 Å². The molecule has 0 bridgehead atoms. The fourth-order valence-electron chi connectivity index (χ4n) is 2.28. The van der Waals surface area contributed by atoms with Crippen molar-refractivity contribution in [2.24, 2.45) is 5.92 Å². The van der Waals surface area contributed by atoms with Gasteiger partial charge < -0.3 is 10.2 Å². The number of aliphatic hydroxyl groups is 2. The van der Waals surface area contributed by atoms with Crippen LogP contribution in [0.1, 0.15) is 20.3 Å². The van der Waals surface area contributed by atoms with Crippen molar-refractivity contribution >= 4 is 15.7 Å². The first-order valence-corrected chi connectivity index (χ1v) is 8.68. The number of rotatable bonds is 9. The molecule has 23 heavy (non-hydrogen) atoms. The lowest BCUT2D eigenvalue weighted by Crippen LogP contribution is -2.46.